The highest BCUT2D eigenvalue weighted by molar-refractivity contribution is 7.92. The molecule has 6 nitrogen and oxygen atoms in total. The second-order valence-electron chi connectivity index (χ2n) is 4.96. The van der Waals surface area contributed by atoms with Gasteiger partial charge in [0.1, 0.15) is 16.0 Å². The summed E-state index contributed by atoms with van der Waals surface area (Å²) >= 11 is 0. The average Bonchev–Trinajstić information content (AvgIpc) is 2.47. The van der Waals surface area contributed by atoms with Gasteiger partial charge in [0.25, 0.3) is 0 Å². The number of carbonyl (C=O) groups excluding carboxylic acids is 2. The number of amides is 2. The van der Waals surface area contributed by atoms with Crippen LogP contribution in [0.5, 0.6) is 0 Å². The van der Waals surface area contributed by atoms with Gasteiger partial charge in [-0.1, -0.05) is 36.4 Å². The molecule has 0 bridgehead atoms. The van der Waals surface area contributed by atoms with Crippen molar-refractivity contribution in [1.82, 2.24) is 4.72 Å². The van der Waals surface area contributed by atoms with Crippen LogP contribution in [0.3, 0.4) is 0 Å². The van der Waals surface area contributed by atoms with E-state index in [0.717, 1.165) is 5.56 Å². The zero-order valence-electron chi connectivity index (χ0n) is 13.4. The van der Waals surface area contributed by atoms with Crippen molar-refractivity contribution >= 4 is 21.9 Å². The molecule has 0 heterocycles. The smallest absolute Gasteiger partial charge is 0.440 e. The van der Waals surface area contributed by atoms with Crippen LogP contribution in [0.1, 0.15) is 38.4 Å². The standard InChI is InChI=1S/C16H22N2O4S/c1-4-5-9-12-23(21,17-14(3)19)18-16(20)22-13(2)15-10-7-6-8-11-15/h4,6-8,10-11,13H,1,5,9,12H2,2-3H3,(H,17,18,19,20,21)/t13-,23+/m0/s1. The summed E-state index contributed by atoms with van der Waals surface area (Å²) in [5.74, 6) is -0.450. The number of hydrogen-bond acceptors (Lipinski definition) is 4. The van der Waals surface area contributed by atoms with Gasteiger partial charge in [-0.15, -0.1) is 10.9 Å². The molecule has 0 aliphatic carbocycles. The zero-order valence-corrected chi connectivity index (χ0v) is 14.2. The van der Waals surface area contributed by atoms with Crippen LogP contribution in [0.4, 0.5) is 4.79 Å². The van der Waals surface area contributed by atoms with E-state index in [4.69, 9.17) is 4.74 Å². The summed E-state index contributed by atoms with van der Waals surface area (Å²) in [4.78, 5) is 23.1. The summed E-state index contributed by atoms with van der Waals surface area (Å²) in [6.45, 7) is 6.49. The minimum atomic E-state index is -3.18. The summed E-state index contributed by atoms with van der Waals surface area (Å²) in [5, 5.41) is 0. The van der Waals surface area contributed by atoms with E-state index in [1.807, 2.05) is 30.3 Å². The van der Waals surface area contributed by atoms with E-state index in [0.29, 0.717) is 12.8 Å². The molecular formula is C16H22N2O4S. The number of benzene rings is 1. The number of nitrogens with one attached hydrogen (secondary N) is 1. The molecule has 2 atom stereocenters. The van der Waals surface area contributed by atoms with Crippen LogP contribution in [-0.2, 0) is 19.4 Å². The first-order valence-corrected chi connectivity index (χ1v) is 8.94. The Hall–Kier alpha value is -2.15. The van der Waals surface area contributed by atoms with Gasteiger partial charge in [0, 0.05) is 6.92 Å². The van der Waals surface area contributed by atoms with Gasteiger partial charge in [0.05, 0.1) is 5.75 Å². The topological polar surface area (TPSA) is 84.8 Å². The number of nitrogens with zero attached hydrogens (tertiary/aromatic N) is 1. The molecule has 0 aliphatic heterocycles. The first kappa shape index (κ1) is 18.9. The molecule has 0 spiro atoms. The molecule has 1 rings (SSSR count). The van der Waals surface area contributed by atoms with Crippen molar-refractivity contribution in [2.75, 3.05) is 5.75 Å². The third-order valence-corrected chi connectivity index (χ3v) is 4.79. The first-order valence-electron chi connectivity index (χ1n) is 7.26. The number of rotatable bonds is 7. The minimum absolute atomic E-state index is 0.0629. The largest absolute Gasteiger partial charge is 0.443 e. The summed E-state index contributed by atoms with van der Waals surface area (Å²) in [6, 6.07) is 9.13. The summed E-state index contributed by atoms with van der Waals surface area (Å²) in [7, 11) is -3.18. The zero-order chi connectivity index (χ0) is 17.3. The molecule has 1 aromatic rings. The van der Waals surface area contributed by atoms with Crippen molar-refractivity contribution < 1.29 is 18.5 Å². The number of ether oxygens (including phenoxy) is 1. The Labute approximate surface area is 137 Å². The van der Waals surface area contributed by atoms with E-state index < -0.39 is 28.0 Å². The van der Waals surface area contributed by atoms with Crippen molar-refractivity contribution in [1.29, 1.82) is 0 Å². The lowest BCUT2D eigenvalue weighted by Crippen LogP contribution is -2.31. The monoisotopic (exact) mass is 338 g/mol. The van der Waals surface area contributed by atoms with E-state index in [9.17, 15) is 13.8 Å². The molecule has 7 heteroatoms. The van der Waals surface area contributed by atoms with Crippen LogP contribution in [0, 0.1) is 0 Å². The summed E-state index contributed by atoms with van der Waals surface area (Å²) in [6.07, 6.45) is 1.29. The van der Waals surface area contributed by atoms with E-state index >= 15 is 0 Å². The molecule has 23 heavy (non-hydrogen) atoms. The Kier molecular flexibility index (Phi) is 7.47. The third kappa shape index (κ3) is 7.10. The van der Waals surface area contributed by atoms with Crippen molar-refractivity contribution in [3.8, 4) is 0 Å². The van der Waals surface area contributed by atoms with Crippen LogP contribution in [0.25, 0.3) is 0 Å². The molecule has 1 N–H and O–H groups in total. The number of hydrogen-bond donors (Lipinski definition) is 1. The highest BCUT2D eigenvalue weighted by atomic mass is 32.2. The van der Waals surface area contributed by atoms with Gasteiger partial charge in [-0.2, -0.15) is 0 Å². The van der Waals surface area contributed by atoms with Crippen molar-refractivity contribution in [2.45, 2.75) is 32.8 Å². The second-order valence-corrected chi connectivity index (χ2v) is 7.04. The van der Waals surface area contributed by atoms with Gasteiger partial charge >= 0.3 is 6.09 Å². The summed E-state index contributed by atoms with van der Waals surface area (Å²) < 4.78 is 23.6. The minimum Gasteiger partial charge on any atom is -0.440 e. The molecule has 0 radical (unpaired) electrons. The molecule has 0 aromatic heterocycles. The molecule has 0 saturated carbocycles. The van der Waals surface area contributed by atoms with Crippen LogP contribution < -0.4 is 4.72 Å². The Balaban J connectivity index is 2.84. The highest BCUT2D eigenvalue weighted by Gasteiger charge is 2.16. The fourth-order valence-electron chi connectivity index (χ4n) is 1.85. The first-order chi connectivity index (χ1) is 10.9. The molecular weight excluding hydrogens is 316 g/mol. The van der Waals surface area contributed by atoms with Gasteiger partial charge in [-0.25, -0.2) is 9.00 Å². The maximum absolute atomic E-state index is 12.6. The molecule has 2 amide bonds. The number of unbranched alkanes of at least 4 members (excludes halogenated alkanes) is 1. The van der Waals surface area contributed by atoms with Crippen LogP contribution in [0.15, 0.2) is 47.3 Å². The number of allylic oxidation sites excluding steroid dienone is 1. The van der Waals surface area contributed by atoms with E-state index in [2.05, 4.69) is 15.7 Å². The predicted octanol–water partition coefficient (Wildman–Crippen LogP) is 3.37. The third-order valence-electron chi connectivity index (χ3n) is 2.90. The molecule has 0 saturated heterocycles. The lowest BCUT2D eigenvalue weighted by molar-refractivity contribution is -0.117. The van der Waals surface area contributed by atoms with E-state index in [1.165, 1.54) is 6.92 Å². The van der Waals surface area contributed by atoms with Crippen molar-refractivity contribution in [2.24, 2.45) is 4.36 Å². The van der Waals surface area contributed by atoms with Gasteiger partial charge in [-0.05, 0) is 25.3 Å². The lowest BCUT2D eigenvalue weighted by Gasteiger charge is -2.13. The average molecular weight is 338 g/mol. The fraction of sp³-hybridized carbons (Fsp3) is 0.375. The molecule has 0 aliphatic rings. The summed E-state index contributed by atoms with van der Waals surface area (Å²) in [5.41, 5.74) is 0.800. The predicted molar refractivity (Wildman–Crippen MR) is 90.0 cm³/mol. The van der Waals surface area contributed by atoms with Crippen LogP contribution in [0.2, 0.25) is 0 Å². The highest BCUT2D eigenvalue weighted by Crippen LogP contribution is 2.17. The Morgan fingerprint density at radius 3 is 2.61 bits per heavy atom. The lowest BCUT2D eigenvalue weighted by atomic mass is 10.1. The van der Waals surface area contributed by atoms with Gasteiger partial charge in [0.2, 0.25) is 5.91 Å². The SMILES string of the molecule is C=CCCC[S@](=O)(=NC(=O)O[C@@H](C)c1ccccc1)NC(C)=O. The Bertz CT molecular complexity index is 664. The molecule has 0 unspecified atom stereocenters. The quantitative estimate of drug-likeness (QED) is 0.610. The molecule has 0 fully saturated rings. The molecule has 1 aromatic carbocycles. The van der Waals surface area contributed by atoms with Crippen LogP contribution in [-0.4, -0.2) is 22.0 Å². The fourth-order valence-corrected chi connectivity index (χ4v) is 3.38. The van der Waals surface area contributed by atoms with E-state index in [1.54, 1.807) is 13.0 Å². The van der Waals surface area contributed by atoms with Gasteiger partial charge in [0.15, 0.2) is 0 Å². The van der Waals surface area contributed by atoms with Crippen molar-refractivity contribution in [3.63, 3.8) is 0 Å². The maximum atomic E-state index is 12.6. The van der Waals surface area contributed by atoms with Gasteiger partial charge < -0.3 is 4.74 Å². The second kappa shape index (κ2) is 9.09. The molecule has 126 valence electrons. The number of carbonyl (C=O) groups is 2. The maximum Gasteiger partial charge on any atom is 0.443 e. The van der Waals surface area contributed by atoms with Gasteiger partial charge in [-0.3, -0.25) is 9.52 Å². The van der Waals surface area contributed by atoms with Crippen molar-refractivity contribution in [3.05, 3.63) is 48.6 Å². The van der Waals surface area contributed by atoms with Crippen LogP contribution >= 0.6 is 0 Å². The Morgan fingerprint density at radius 2 is 2.04 bits per heavy atom. The normalized spacial score (nSPS) is 14.2. The van der Waals surface area contributed by atoms with E-state index in [-0.39, 0.29) is 5.75 Å². The Morgan fingerprint density at radius 1 is 1.39 bits per heavy atom.